The Bertz CT molecular complexity index is 962. The maximum absolute atomic E-state index is 11.0. The third-order valence-corrected chi connectivity index (χ3v) is 8.48. The van der Waals surface area contributed by atoms with Gasteiger partial charge in [0.25, 0.3) is 0 Å². The summed E-state index contributed by atoms with van der Waals surface area (Å²) in [6, 6.07) is 0. The first kappa shape index (κ1) is 37.0. The lowest BCUT2D eigenvalue weighted by Gasteiger charge is -2.44. The van der Waals surface area contributed by atoms with Gasteiger partial charge in [0.2, 0.25) is 17.4 Å². The average Bonchev–Trinajstić information content (AvgIpc) is 3.55. The Hall–Kier alpha value is -0.840. The Kier molecular flexibility index (Phi) is 11.8. The number of rotatable bonds is 13. The van der Waals surface area contributed by atoms with E-state index in [0.29, 0.717) is 0 Å². The highest BCUT2D eigenvalue weighted by Crippen LogP contribution is 2.41. The molecule has 4 heterocycles. The molecule has 21 heteroatoms. The van der Waals surface area contributed by atoms with Crippen molar-refractivity contribution in [3.05, 3.63) is 0 Å². The molecule has 17 atom stereocenters. The Labute approximate surface area is 254 Å². The maximum atomic E-state index is 11.0. The molecule has 0 aromatic rings. The van der Waals surface area contributed by atoms with Gasteiger partial charge in [-0.3, -0.25) is 0 Å². The minimum atomic E-state index is -2.67. The zero-order valence-corrected chi connectivity index (χ0v) is 23.7. The van der Waals surface area contributed by atoms with Gasteiger partial charge in [-0.2, -0.15) is 0 Å². The summed E-state index contributed by atoms with van der Waals surface area (Å²) in [7, 11) is 0. The van der Waals surface area contributed by atoms with Crippen molar-refractivity contribution in [1.82, 2.24) is 0 Å². The van der Waals surface area contributed by atoms with Gasteiger partial charge < -0.3 is 105 Å². The van der Waals surface area contributed by atoms with Crippen molar-refractivity contribution in [3.8, 4) is 0 Å². The van der Waals surface area contributed by atoms with Crippen molar-refractivity contribution in [2.45, 2.75) is 103 Å². The van der Waals surface area contributed by atoms with Crippen molar-refractivity contribution >= 4 is 0 Å². The van der Waals surface area contributed by atoms with Crippen LogP contribution in [0.15, 0.2) is 0 Å². The van der Waals surface area contributed by atoms with Crippen molar-refractivity contribution in [3.63, 3.8) is 0 Å². The predicted molar refractivity (Wildman–Crippen MR) is 134 cm³/mol. The predicted octanol–water partition coefficient (Wildman–Crippen LogP) is -9.74. The zero-order chi connectivity index (χ0) is 33.5. The summed E-state index contributed by atoms with van der Waals surface area (Å²) in [5, 5.41) is 143. The Morgan fingerprint density at radius 1 is 0.444 bits per heavy atom. The first-order chi connectivity index (χ1) is 21.2. The molecule has 4 aliphatic heterocycles. The van der Waals surface area contributed by atoms with Gasteiger partial charge in [0, 0.05) is 0 Å². The van der Waals surface area contributed by atoms with Crippen LogP contribution in [0.5, 0.6) is 0 Å². The van der Waals surface area contributed by atoms with E-state index in [9.17, 15) is 71.5 Å². The van der Waals surface area contributed by atoms with E-state index in [0.717, 1.165) is 0 Å². The van der Waals surface area contributed by atoms with Gasteiger partial charge in [-0.15, -0.1) is 0 Å². The normalized spacial score (nSPS) is 52.1. The lowest BCUT2D eigenvalue weighted by atomic mass is 9.99. The van der Waals surface area contributed by atoms with Crippen LogP contribution in [0.4, 0.5) is 0 Å². The van der Waals surface area contributed by atoms with Crippen molar-refractivity contribution in [1.29, 1.82) is 0 Å². The van der Waals surface area contributed by atoms with Crippen LogP contribution in [0.2, 0.25) is 0 Å². The smallest absolute Gasteiger partial charge is 0.224 e. The van der Waals surface area contributed by atoms with E-state index in [-0.39, 0.29) is 0 Å². The molecule has 0 bridgehead atoms. The highest BCUT2D eigenvalue weighted by molar-refractivity contribution is 5.03. The monoisotopic (exact) mass is 666 g/mol. The molecule has 0 aromatic heterocycles. The van der Waals surface area contributed by atoms with Crippen LogP contribution in [-0.2, 0) is 33.2 Å². The second kappa shape index (κ2) is 14.3. The third kappa shape index (κ3) is 6.49. The van der Waals surface area contributed by atoms with Crippen LogP contribution >= 0.6 is 0 Å². The zero-order valence-electron chi connectivity index (χ0n) is 23.7. The lowest BCUT2D eigenvalue weighted by Crippen LogP contribution is -2.63. The van der Waals surface area contributed by atoms with E-state index in [1.165, 1.54) is 0 Å². The summed E-state index contributed by atoms with van der Waals surface area (Å²) < 4.78 is 38.7. The average molecular weight is 667 g/mol. The fourth-order valence-electron chi connectivity index (χ4n) is 5.65. The van der Waals surface area contributed by atoms with E-state index in [4.69, 9.17) is 33.2 Å². The first-order valence-corrected chi connectivity index (χ1v) is 14.0. The number of hydrogen-bond acceptors (Lipinski definition) is 21. The molecule has 4 aliphatic rings. The van der Waals surface area contributed by atoms with Crippen LogP contribution in [0.1, 0.15) is 0 Å². The summed E-state index contributed by atoms with van der Waals surface area (Å²) in [6.45, 7) is -6.84. The van der Waals surface area contributed by atoms with E-state index in [1.807, 2.05) is 0 Å². The van der Waals surface area contributed by atoms with Gasteiger partial charge in [-0.25, -0.2) is 0 Å². The van der Waals surface area contributed by atoms with Crippen LogP contribution in [0.25, 0.3) is 0 Å². The van der Waals surface area contributed by atoms with Crippen LogP contribution in [-0.4, -0.2) is 221 Å². The molecule has 264 valence electrons. The molecule has 45 heavy (non-hydrogen) atoms. The Morgan fingerprint density at radius 3 is 1.31 bits per heavy atom. The molecule has 0 aromatic carbocycles. The molecule has 4 fully saturated rings. The molecule has 0 amide bonds. The number of ether oxygens (including phenoxy) is 7. The number of hydrogen-bond donors (Lipinski definition) is 14. The molecule has 0 aliphatic carbocycles. The highest BCUT2D eigenvalue weighted by Gasteiger charge is 2.64. The van der Waals surface area contributed by atoms with Gasteiger partial charge >= 0.3 is 0 Å². The second-order valence-electron chi connectivity index (χ2n) is 11.3. The lowest BCUT2D eigenvalue weighted by molar-refractivity contribution is -0.404. The van der Waals surface area contributed by atoms with E-state index < -0.39 is 149 Å². The van der Waals surface area contributed by atoms with Gasteiger partial charge in [0.15, 0.2) is 6.29 Å². The molecule has 0 spiro atoms. The van der Waals surface area contributed by atoms with Crippen molar-refractivity contribution < 1.29 is 105 Å². The van der Waals surface area contributed by atoms with E-state index in [1.54, 1.807) is 0 Å². The van der Waals surface area contributed by atoms with Crippen LogP contribution < -0.4 is 0 Å². The van der Waals surface area contributed by atoms with Gasteiger partial charge in [-0.05, 0) is 0 Å². The van der Waals surface area contributed by atoms with Gasteiger partial charge in [0.1, 0.15) is 99.2 Å². The second-order valence-corrected chi connectivity index (χ2v) is 11.3. The minimum absolute atomic E-state index is 0.809. The first-order valence-electron chi connectivity index (χ1n) is 14.0. The molecule has 4 saturated heterocycles. The van der Waals surface area contributed by atoms with Crippen molar-refractivity contribution in [2.75, 3.05) is 46.2 Å². The molecule has 5 unspecified atom stereocenters. The summed E-state index contributed by atoms with van der Waals surface area (Å²) in [5.74, 6) is -7.73. The number of aliphatic hydroxyl groups is 14. The van der Waals surface area contributed by atoms with Crippen LogP contribution in [0.3, 0.4) is 0 Å². The van der Waals surface area contributed by atoms with Crippen molar-refractivity contribution in [2.24, 2.45) is 0 Å². The molecular weight excluding hydrogens is 624 g/mol. The fourth-order valence-corrected chi connectivity index (χ4v) is 5.65. The summed E-state index contributed by atoms with van der Waals surface area (Å²) in [6.07, 6.45) is -25.6. The molecule has 0 radical (unpaired) electrons. The van der Waals surface area contributed by atoms with E-state index >= 15 is 0 Å². The minimum Gasteiger partial charge on any atom is -0.394 e. The largest absolute Gasteiger partial charge is 0.394 e. The molecular formula is C24H42O21. The summed E-state index contributed by atoms with van der Waals surface area (Å²) >= 11 is 0. The summed E-state index contributed by atoms with van der Waals surface area (Å²) in [5.41, 5.74) is 0. The molecule has 0 saturated carbocycles. The standard InChI is InChI=1S/C24H42O21/c25-1-8-12(30)16(34)17(35)21(41-8)45-24(20(38)15(33)11(4-28)44-24)7-40-23(19(37)14(32)10(3-27)43-23)6-39-22(5-29)18(36)13(31)9(2-26)42-22/h8-21,25-38H,1-7H2/t8?,9-,10-,11-,12-,13+,14+,15+,16+,17?,18?,19?,20?,21+,22-,23-,24+/m1/s1. The highest BCUT2D eigenvalue weighted by atomic mass is 16.8. The van der Waals surface area contributed by atoms with Crippen LogP contribution in [0, 0.1) is 0 Å². The molecule has 21 nitrogen and oxygen atoms in total. The number of aliphatic hydroxyl groups excluding tert-OH is 14. The topological polar surface area (TPSA) is 348 Å². The van der Waals surface area contributed by atoms with Gasteiger partial charge in [-0.1, -0.05) is 0 Å². The Morgan fingerprint density at radius 2 is 0.844 bits per heavy atom. The fraction of sp³-hybridized carbons (Fsp3) is 1.00. The van der Waals surface area contributed by atoms with Gasteiger partial charge in [0.05, 0.1) is 26.4 Å². The quantitative estimate of drug-likeness (QED) is 0.0867. The van der Waals surface area contributed by atoms with E-state index in [2.05, 4.69) is 0 Å². The SMILES string of the molecule is OCC1O[C@@H](O[C@]2(CO[C@]3(CO[C@]4(CO)O[C@H](CO)[C@H](O)C4O)O[C@H](CO)[C@H](O)C3O)O[C@H](CO)[C@H](O)C2O)C(O)[C@@H](O)[C@@H]1O. The molecule has 14 N–H and O–H groups in total. The Balaban J connectivity index is 1.65. The summed E-state index contributed by atoms with van der Waals surface area (Å²) in [4.78, 5) is 0. The molecule has 4 rings (SSSR count). The third-order valence-electron chi connectivity index (χ3n) is 8.48. The maximum Gasteiger partial charge on any atom is 0.224 e.